The van der Waals surface area contributed by atoms with E-state index in [1.54, 1.807) is 12.1 Å². The van der Waals surface area contributed by atoms with Crippen molar-refractivity contribution in [1.82, 2.24) is 25.0 Å². The molecule has 32 heavy (non-hydrogen) atoms. The van der Waals surface area contributed by atoms with E-state index in [0.717, 1.165) is 49.8 Å². The first-order chi connectivity index (χ1) is 15.5. The molecule has 0 aliphatic carbocycles. The van der Waals surface area contributed by atoms with Crippen molar-refractivity contribution in [2.24, 2.45) is 0 Å². The van der Waals surface area contributed by atoms with Crippen molar-refractivity contribution in [3.63, 3.8) is 0 Å². The minimum Gasteiger partial charge on any atom is -0.355 e. The summed E-state index contributed by atoms with van der Waals surface area (Å²) in [6.45, 7) is 8.51. The molecule has 168 valence electrons. The predicted octanol–water partition coefficient (Wildman–Crippen LogP) is 2.99. The Hall–Kier alpha value is -3.06. The van der Waals surface area contributed by atoms with Crippen molar-refractivity contribution in [2.45, 2.75) is 46.2 Å². The molecule has 4 rings (SSSR count). The first-order valence-corrected chi connectivity index (χ1v) is 11.2. The third-order valence-corrected chi connectivity index (χ3v) is 6.04. The van der Waals surface area contributed by atoms with Crippen LogP contribution in [0.1, 0.15) is 33.9 Å². The van der Waals surface area contributed by atoms with Gasteiger partial charge in [0.25, 0.3) is 0 Å². The van der Waals surface area contributed by atoms with Gasteiger partial charge in [0.2, 0.25) is 5.91 Å². The van der Waals surface area contributed by atoms with E-state index in [0.29, 0.717) is 13.0 Å². The molecule has 1 amide bonds. The largest absolute Gasteiger partial charge is 0.355 e. The number of rotatable bonds is 7. The smallest absolute Gasteiger partial charge is 0.224 e. The number of aryl methyl sites for hydroxylation is 2. The molecule has 7 heteroatoms. The number of nitrogens with one attached hydrogen (secondary N) is 1. The highest BCUT2D eigenvalue weighted by molar-refractivity contribution is 5.78. The number of nitrogens with zero attached hydrogens (tertiary/aromatic N) is 4. The van der Waals surface area contributed by atoms with E-state index in [9.17, 15) is 9.18 Å². The summed E-state index contributed by atoms with van der Waals surface area (Å²) in [6, 6.07) is 12.7. The maximum Gasteiger partial charge on any atom is 0.224 e. The Kier molecular flexibility index (Phi) is 6.95. The third-order valence-electron chi connectivity index (χ3n) is 6.04. The van der Waals surface area contributed by atoms with E-state index in [1.807, 2.05) is 0 Å². The first kappa shape index (κ1) is 22.1. The summed E-state index contributed by atoms with van der Waals surface area (Å²) in [4.78, 5) is 14.7. The van der Waals surface area contributed by atoms with Crippen molar-refractivity contribution in [2.75, 3.05) is 19.6 Å². The summed E-state index contributed by atoms with van der Waals surface area (Å²) in [5, 5.41) is 11.7. The summed E-state index contributed by atoms with van der Waals surface area (Å²) in [7, 11) is 0. The molecule has 0 atom stereocenters. The van der Waals surface area contributed by atoms with Crippen LogP contribution in [0.5, 0.6) is 0 Å². The van der Waals surface area contributed by atoms with E-state index in [-0.39, 0.29) is 18.1 Å². The molecule has 2 heterocycles. The Bertz CT molecular complexity index is 1080. The van der Waals surface area contributed by atoms with Crippen molar-refractivity contribution in [1.29, 1.82) is 0 Å². The number of amides is 1. The van der Waals surface area contributed by atoms with Gasteiger partial charge in [-0.1, -0.05) is 35.9 Å². The van der Waals surface area contributed by atoms with Crippen LogP contribution in [0.4, 0.5) is 4.39 Å². The van der Waals surface area contributed by atoms with E-state index in [1.165, 1.54) is 28.8 Å². The molecule has 1 aliphatic rings. The number of hydrogen-bond donors (Lipinski definition) is 1. The predicted molar refractivity (Wildman–Crippen MR) is 122 cm³/mol. The Morgan fingerprint density at radius 2 is 1.88 bits per heavy atom. The van der Waals surface area contributed by atoms with Crippen LogP contribution in [0.2, 0.25) is 0 Å². The van der Waals surface area contributed by atoms with E-state index >= 15 is 0 Å². The molecule has 0 saturated heterocycles. The molecule has 2 aromatic carbocycles. The maximum atomic E-state index is 13.0. The van der Waals surface area contributed by atoms with Gasteiger partial charge in [-0.25, -0.2) is 4.39 Å². The topological polar surface area (TPSA) is 63.1 Å². The minimum atomic E-state index is -0.297. The van der Waals surface area contributed by atoms with Gasteiger partial charge in [0, 0.05) is 45.6 Å². The highest BCUT2D eigenvalue weighted by atomic mass is 19.1. The van der Waals surface area contributed by atoms with Crippen LogP contribution in [-0.4, -0.2) is 45.2 Å². The lowest BCUT2D eigenvalue weighted by Gasteiger charge is -2.21. The van der Waals surface area contributed by atoms with Crippen molar-refractivity contribution in [3.05, 3.63) is 82.2 Å². The summed E-state index contributed by atoms with van der Waals surface area (Å²) < 4.78 is 15.2. The van der Waals surface area contributed by atoms with Crippen LogP contribution in [0.25, 0.3) is 0 Å². The molecule has 1 aromatic heterocycles. The Morgan fingerprint density at radius 3 is 2.69 bits per heavy atom. The quantitative estimate of drug-likeness (QED) is 0.620. The molecule has 3 aromatic rings. The summed E-state index contributed by atoms with van der Waals surface area (Å²) in [5.41, 5.74) is 4.80. The van der Waals surface area contributed by atoms with Gasteiger partial charge in [-0.3, -0.25) is 9.69 Å². The fourth-order valence-corrected chi connectivity index (χ4v) is 4.15. The fraction of sp³-hybridized carbons (Fsp3) is 0.400. The third kappa shape index (κ3) is 5.59. The second-order valence-electron chi connectivity index (χ2n) is 8.54. The lowest BCUT2D eigenvalue weighted by Crippen LogP contribution is -2.29. The summed E-state index contributed by atoms with van der Waals surface area (Å²) in [5.74, 6) is 1.55. The normalized spacial score (nSPS) is 14.1. The van der Waals surface area contributed by atoms with Crippen LogP contribution in [0.15, 0.2) is 42.5 Å². The minimum absolute atomic E-state index is 0.0769. The Balaban J connectivity index is 1.29. The second kappa shape index (κ2) is 10.0. The zero-order valence-corrected chi connectivity index (χ0v) is 18.8. The van der Waals surface area contributed by atoms with Gasteiger partial charge in [0.05, 0.1) is 6.42 Å². The lowest BCUT2D eigenvalue weighted by molar-refractivity contribution is -0.120. The molecule has 0 fully saturated rings. The van der Waals surface area contributed by atoms with Crippen LogP contribution in [0, 0.1) is 19.7 Å². The molecule has 0 radical (unpaired) electrons. The van der Waals surface area contributed by atoms with Gasteiger partial charge >= 0.3 is 0 Å². The number of carbonyl (C=O) groups is 1. The average Bonchev–Trinajstić information content (AvgIpc) is 3.04. The van der Waals surface area contributed by atoms with Gasteiger partial charge in [-0.05, 0) is 42.7 Å². The van der Waals surface area contributed by atoms with Crippen LogP contribution < -0.4 is 5.32 Å². The lowest BCUT2D eigenvalue weighted by atomic mass is 10.1. The SMILES string of the molecule is Cc1ccc(C)c(CN2CCc3nnc(CCNC(=O)Cc4ccc(F)cc4)n3CC2)c1. The molecular weight excluding hydrogens is 405 g/mol. The second-order valence-corrected chi connectivity index (χ2v) is 8.54. The van der Waals surface area contributed by atoms with Gasteiger partial charge in [-0.15, -0.1) is 10.2 Å². The van der Waals surface area contributed by atoms with Crippen molar-refractivity contribution in [3.8, 4) is 0 Å². The standard InChI is InChI=1S/C25H30FN5O/c1-18-3-4-19(2)21(15-18)17-30-12-10-24-29-28-23(31(24)14-13-30)9-11-27-25(32)16-20-5-7-22(26)8-6-20/h3-8,15H,9-14,16-17H2,1-2H3,(H,27,32). The van der Waals surface area contributed by atoms with E-state index in [4.69, 9.17) is 0 Å². The zero-order chi connectivity index (χ0) is 22.5. The average molecular weight is 436 g/mol. The monoisotopic (exact) mass is 435 g/mol. The van der Waals surface area contributed by atoms with E-state index < -0.39 is 0 Å². The molecule has 0 unspecified atom stereocenters. The number of benzene rings is 2. The van der Waals surface area contributed by atoms with Crippen LogP contribution >= 0.6 is 0 Å². The molecule has 0 bridgehead atoms. The maximum absolute atomic E-state index is 13.0. The van der Waals surface area contributed by atoms with Gasteiger partial charge in [0.1, 0.15) is 17.5 Å². The zero-order valence-electron chi connectivity index (χ0n) is 18.8. The number of fused-ring (bicyclic) bond motifs is 1. The number of carbonyl (C=O) groups excluding carboxylic acids is 1. The highest BCUT2D eigenvalue weighted by Crippen LogP contribution is 2.16. The van der Waals surface area contributed by atoms with Gasteiger partial charge in [-0.2, -0.15) is 0 Å². The van der Waals surface area contributed by atoms with Crippen molar-refractivity contribution < 1.29 is 9.18 Å². The summed E-state index contributed by atoms with van der Waals surface area (Å²) in [6.07, 6.45) is 1.75. The van der Waals surface area contributed by atoms with Crippen LogP contribution in [-0.2, 0) is 37.1 Å². The van der Waals surface area contributed by atoms with Gasteiger partial charge < -0.3 is 9.88 Å². The number of aromatic nitrogens is 3. The number of hydrogen-bond acceptors (Lipinski definition) is 4. The highest BCUT2D eigenvalue weighted by Gasteiger charge is 2.19. The molecule has 0 saturated carbocycles. The number of halogens is 1. The molecular formula is C25H30FN5O. The molecule has 6 nitrogen and oxygen atoms in total. The van der Waals surface area contributed by atoms with Crippen molar-refractivity contribution >= 4 is 5.91 Å². The van der Waals surface area contributed by atoms with Gasteiger partial charge in [0.15, 0.2) is 0 Å². The van der Waals surface area contributed by atoms with Crippen LogP contribution in [0.3, 0.4) is 0 Å². The summed E-state index contributed by atoms with van der Waals surface area (Å²) >= 11 is 0. The Labute approximate surface area is 188 Å². The first-order valence-electron chi connectivity index (χ1n) is 11.2. The Morgan fingerprint density at radius 1 is 1.06 bits per heavy atom. The molecule has 0 spiro atoms. The molecule has 1 aliphatic heterocycles. The fourth-order valence-electron chi connectivity index (χ4n) is 4.15. The van der Waals surface area contributed by atoms with E-state index in [2.05, 4.69) is 57.0 Å². The molecule has 1 N–H and O–H groups in total.